The van der Waals surface area contributed by atoms with Crippen LogP contribution in [0.5, 0.6) is 5.75 Å². The Labute approximate surface area is 80.7 Å². The van der Waals surface area contributed by atoms with Crippen molar-refractivity contribution in [1.82, 2.24) is 0 Å². The van der Waals surface area contributed by atoms with E-state index in [1.54, 1.807) is 6.08 Å². The van der Waals surface area contributed by atoms with E-state index in [9.17, 15) is 4.79 Å². The van der Waals surface area contributed by atoms with Crippen LogP contribution in [0.25, 0.3) is 0 Å². The lowest BCUT2D eigenvalue weighted by Crippen LogP contribution is -2.20. The highest BCUT2D eigenvalue weighted by Crippen LogP contribution is 2.14. The molecule has 1 aromatic rings. The van der Waals surface area contributed by atoms with Gasteiger partial charge in [-0.25, -0.2) is 4.79 Å². The highest BCUT2D eigenvalue weighted by molar-refractivity contribution is 5.67. The van der Waals surface area contributed by atoms with Crippen molar-refractivity contribution < 1.29 is 19.0 Å². The highest BCUT2D eigenvalue weighted by atomic mass is 16.9. The van der Waals surface area contributed by atoms with Gasteiger partial charge < -0.3 is 14.2 Å². The molecule has 1 aromatic carbocycles. The van der Waals surface area contributed by atoms with E-state index in [0.29, 0.717) is 6.61 Å². The Hall–Kier alpha value is -1.97. The van der Waals surface area contributed by atoms with Gasteiger partial charge in [0.1, 0.15) is 12.4 Å². The molecule has 0 radical (unpaired) electrons. The third kappa shape index (κ3) is 2.04. The fraction of sp³-hybridized carbons (Fsp3) is 0.100. The smallest absolute Gasteiger partial charge is 0.489 e. The minimum absolute atomic E-state index is 0.200. The molecular weight excluding hydrogens is 184 g/mol. The Kier molecular flexibility index (Phi) is 2.36. The Bertz CT molecular complexity index is 346. The first-order chi connectivity index (χ1) is 6.84. The summed E-state index contributed by atoms with van der Waals surface area (Å²) in [5, 5.41) is 0. The molecule has 1 aliphatic rings. The largest absolute Gasteiger partial charge is 0.524 e. The molecule has 1 saturated heterocycles. The lowest BCUT2D eigenvalue weighted by molar-refractivity contribution is -0.0272. The van der Waals surface area contributed by atoms with Gasteiger partial charge >= 0.3 is 6.16 Å². The van der Waals surface area contributed by atoms with Gasteiger partial charge in [-0.15, -0.1) is 0 Å². The predicted molar refractivity (Wildman–Crippen MR) is 47.6 cm³/mol. The van der Waals surface area contributed by atoms with Gasteiger partial charge in [-0.1, -0.05) is 18.2 Å². The molecule has 1 aliphatic heterocycles. The third-order valence-electron chi connectivity index (χ3n) is 1.61. The maximum absolute atomic E-state index is 10.2. The molecule has 4 heteroatoms. The van der Waals surface area contributed by atoms with E-state index in [1.807, 2.05) is 30.3 Å². The lowest BCUT2D eigenvalue weighted by Gasteiger charge is -2.15. The second-order valence-electron chi connectivity index (χ2n) is 2.60. The van der Waals surface area contributed by atoms with E-state index in [4.69, 9.17) is 4.74 Å². The van der Waals surface area contributed by atoms with E-state index in [2.05, 4.69) is 9.47 Å². The molecule has 2 rings (SSSR count). The van der Waals surface area contributed by atoms with Crippen LogP contribution in [0.3, 0.4) is 0 Å². The van der Waals surface area contributed by atoms with Crippen molar-refractivity contribution in [1.29, 1.82) is 0 Å². The minimum Gasteiger partial charge on any atom is -0.489 e. The summed E-state index contributed by atoms with van der Waals surface area (Å²) in [6, 6.07) is 9.34. The number of cyclic esters (lactones) is 2. The third-order valence-corrected chi connectivity index (χ3v) is 1.61. The molecule has 0 aromatic heterocycles. The van der Waals surface area contributed by atoms with E-state index >= 15 is 0 Å². The van der Waals surface area contributed by atoms with Crippen molar-refractivity contribution in [2.24, 2.45) is 0 Å². The van der Waals surface area contributed by atoms with Gasteiger partial charge in [0.15, 0.2) is 0 Å². The summed E-state index contributed by atoms with van der Waals surface area (Å²) >= 11 is 0. The average Bonchev–Trinajstić information content (AvgIpc) is 2.17. The average molecular weight is 192 g/mol. The highest BCUT2D eigenvalue weighted by Gasteiger charge is 2.23. The number of carbonyl (C=O) groups excluding carboxylic acids is 1. The zero-order chi connectivity index (χ0) is 9.80. The van der Waals surface area contributed by atoms with Gasteiger partial charge in [-0.05, 0) is 12.1 Å². The monoisotopic (exact) mass is 192 g/mol. The quantitative estimate of drug-likeness (QED) is 0.687. The number of benzene rings is 1. The van der Waals surface area contributed by atoms with E-state index in [0.717, 1.165) is 5.75 Å². The van der Waals surface area contributed by atoms with Crippen LogP contribution in [0.1, 0.15) is 0 Å². The molecule has 0 unspecified atom stereocenters. The first-order valence-corrected chi connectivity index (χ1v) is 4.12. The number of ether oxygens (including phenoxy) is 3. The molecule has 0 atom stereocenters. The molecule has 1 fully saturated rings. The molecule has 14 heavy (non-hydrogen) atoms. The molecule has 0 spiro atoms. The summed E-state index contributed by atoms with van der Waals surface area (Å²) in [7, 11) is 0. The van der Waals surface area contributed by atoms with Crippen LogP contribution in [-0.4, -0.2) is 12.8 Å². The van der Waals surface area contributed by atoms with Crippen molar-refractivity contribution in [2.45, 2.75) is 0 Å². The Morgan fingerprint density at radius 3 is 2.57 bits per heavy atom. The number of hydrogen-bond donors (Lipinski definition) is 0. The molecule has 0 saturated carbocycles. The Morgan fingerprint density at radius 2 is 1.93 bits per heavy atom. The van der Waals surface area contributed by atoms with Crippen LogP contribution in [0.2, 0.25) is 0 Å². The second kappa shape index (κ2) is 3.83. The summed E-state index contributed by atoms with van der Waals surface area (Å²) in [4.78, 5) is 10.2. The van der Waals surface area contributed by atoms with Gasteiger partial charge in [-0.3, -0.25) is 0 Å². The summed E-state index contributed by atoms with van der Waals surface area (Å²) in [6.45, 7) is 0.312. The lowest BCUT2D eigenvalue weighted by atomic mass is 10.3. The fourth-order valence-electron chi connectivity index (χ4n) is 0.978. The molecule has 0 N–H and O–H groups in total. The van der Waals surface area contributed by atoms with Crippen molar-refractivity contribution in [3.63, 3.8) is 0 Å². The SMILES string of the molecule is O=C1OC(=CCOc2ccccc2)O1. The summed E-state index contributed by atoms with van der Waals surface area (Å²) in [6.07, 6.45) is 0.880. The van der Waals surface area contributed by atoms with Crippen LogP contribution in [0.4, 0.5) is 4.79 Å². The zero-order valence-electron chi connectivity index (χ0n) is 7.30. The maximum Gasteiger partial charge on any atom is 0.524 e. The first kappa shape index (κ1) is 8.62. The molecule has 0 amide bonds. The summed E-state index contributed by atoms with van der Waals surface area (Å²) in [5.41, 5.74) is 0. The minimum atomic E-state index is -0.670. The summed E-state index contributed by atoms with van der Waals surface area (Å²) in [5.74, 6) is 0.959. The van der Waals surface area contributed by atoms with Crippen LogP contribution >= 0.6 is 0 Å². The summed E-state index contributed by atoms with van der Waals surface area (Å²) < 4.78 is 14.3. The van der Waals surface area contributed by atoms with Gasteiger partial charge in [0.05, 0.1) is 0 Å². The standard InChI is InChI=1S/C10H8O4/c11-10-13-9(14-10)6-7-12-8-4-2-1-3-5-8/h1-6H,7H2. The van der Waals surface area contributed by atoms with Crippen molar-refractivity contribution >= 4 is 6.16 Å². The maximum atomic E-state index is 10.2. The topological polar surface area (TPSA) is 44.8 Å². The van der Waals surface area contributed by atoms with Gasteiger partial charge in [0.2, 0.25) is 0 Å². The zero-order valence-corrected chi connectivity index (χ0v) is 7.30. The number of hydrogen-bond acceptors (Lipinski definition) is 4. The second-order valence-corrected chi connectivity index (χ2v) is 2.60. The molecule has 72 valence electrons. The normalized spacial score (nSPS) is 13.7. The molecular formula is C10H8O4. The van der Waals surface area contributed by atoms with E-state index < -0.39 is 6.16 Å². The van der Waals surface area contributed by atoms with E-state index in [-0.39, 0.29) is 5.95 Å². The molecule has 0 bridgehead atoms. The predicted octanol–water partition coefficient (Wildman–Crippen LogP) is 2.07. The number of rotatable bonds is 3. The van der Waals surface area contributed by atoms with Crippen LogP contribution in [0.15, 0.2) is 42.4 Å². The molecule has 1 heterocycles. The van der Waals surface area contributed by atoms with Gasteiger partial charge in [0, 0.05) is 6.08 Å². The van der Waals surface area contributed by atoms with Crippen molar-refractivity contribution in [3.05, 3.63) is 42.4 Å². The Morgan fingerprint density at radius 1 is 1.21 bits per heavy atom. The van der Waals surface area contributed by atoms with Gasteiger partial charge in [0.25, 0.3) is 5.95 Å². The van der Waals surface area contributed by atoms with Crippen LogP contribution in [-0.2, 0) is 9.47 Å². The number of para-hydroxylation sites is 1. The van der Waals surface area contributed by atoms with Crippen molar-refractivity contribution in [2.75, 3.05) is 6.61 Å². The Balaban J connectivity index is 1.79. The van der Waals surface area contributed by atoms with Gasteiger partial charge in [-0.2, -0.15) is 0 Å². The number of carbonyl (C=O) groups is 1. The van der Waals surface area contributed by atoms with Crippen LogP contribution in [0, 0.1) is 0 Å². The van der Waals surface area contributed by atoms with Crippen LogP contribution < -0.4 is 4.74 Å². The molecule has 0 aliphatic carbocycles. The first-order valence-electron chi connectivity index (χ1n) is 4.12. The van der Waals surface area contributed by atoms with Crippen molar-refractivity contribution in [3.8, 4) is 5.75 Å². The van der Waals surface area contributed by atoms with E-state index in [1.165, 1.54) is 0 Å². The molecule has 4 nitrogen and oxygen atoms in total. The fourth-order valence-corrected chi connectivity index (χ4v) is 0.978.